The van der Waals surface area contributed by atoms with Crippen molar-refractivity contribution >= 4 is 23.6 Å². The number of rotatable bonds is 9. The van der Waals surface area contributed by atoms with Gasteiger partial charge in [-0.3, -0.25) is 29.1 Å². The lowest BCUT2D eigenvalue weighted by Crippen LogP contribution is -2.52. The number of hydrogen-bond acceptors (Lipinski definition) is 8. The Labute approximate surface area is 193 Å². The smallest absolute Gasteiger partial charge is 0.317 e. The Morgan fingerprint density at radius 1 is 0.848 bits per heavy atom. The summed E-state index contributed by atoms with van der Waals surface area (Å²) in [5.74, 6) is -2.84. The molecule has 6 N–H and O–H groups in total. The van der Waals surface area contributed by atoms with Gasteiger partial charge in [0.15, 0.2) is 0 Å². The maximum Gasteiger partial charge on any atom is 0.317 e. The minimum Gasteiger partial charge on any atom is -0.480 e. The fourth-order valence-electron chi connectivity index (χ4n) is 4.03. The number of nitrogens with two attached hydrogens (primary N) is 1. The lowest BCUT2D eigenvalue weighted by atomic mass is 10.0. The number of nitrogens with one attached hydrogen (secondary N) is 1. The van der Waals surface area contributed by atoms with Gasteiger partial charge in [0.2, 0.25) is 0 Å². The Morgan fingerprint density at radius 3 is 2.03 bits per heavy atom. The van der Waals surface area contributed by atoms with E-state index >= 15 is 0 Å². The Kier molecular flexibility index (Phi) is 11.0. The van der Waals surface area contributed by atoms with Crippen LogP contribution in [0.5, 0.6) is 0 Å². The van der Waals surface area contributed by atoms with Gasteiger partial charge in [0.1, 0.15) is 0 Å². The molecule has 11 nitrogen and oxygen atoms in total. The molecule has 1 aromatic carbocycles. The van der Waals surface area contributed by atoms with Gasteiger partial charge < -0.3 is 26.4 Å². The predicted octanol–water partition coefficient (Wildman–Crippen LogP) is -0.667. The number of nitrogens with zero attached hydrogens (tertiary/aromatic N) is 3. The molecule has 1 fully saturated rings. The van der Waals surface area contributed by atoms with Crippen LogP contribution in [0, 0.1) is 0 Å². The number of aliphatic carboxylic acids is 3. The zero-order valence-electron chi connectivity index (χ0n) is 18.9. The third-order valence-electron chi connectivity index (χ3n) is 5.70. The van der Waals surface area contributed by atoms with E-state index in [0.717, 1.165) is 5.56 Å². The maximum atomic E-state index is 11.6. The highest BCUT2D eigenvalue weighted by Gasteiger charge is 2.25. The number of hydrogen-bond donors (Lipinski definition) is 5. The zero-order chi connectivity index (χ0) is 24.2. The third kappa shape index (κ3) is 10.6. The van der Waals surface area contributed by atoms with Crippen molar-refractivity contribution in [2.24, 2.45) is 0 Å². The molecule has 33 heavy (non-hydrogen) atoms. The highest BCUT2D eigenvalue weighted by Crippen LogP contribution is 2.14. The summed E-state index contributed by atoms with van der Waals surface area (Å²) in [5, 5.41) is 31.4. The van der Waals surface area contributed by atoms with Gasteiger partial charge in [-0.1, -0.05) is 12.1 Å². The summed E-state index contributed by atoms with van der Waals surface area (Å²) in [6.07, 6.45) is 1.30. The first kappa shape index (κ1) is 26.5. The summed E-state index contributed by atoms with van der Waals surface area (Å²) in [5.41, 5.74) is 7.49. The molecule has 0 radical (unpaired) electrons. The Balaban J connectivity index is 2.23. The van der Waals surface area contributed by atoms with Gasteiger partial charge in [-0.05, 0) is 30.5 Å². The van der Waals surface area contributed by atoms with Gasteiger partial charge in [-0.2, -0.15) is 0 Å². The van der Waals surface area contributed by atoms with Crippen molar-refractivity contribution in [2.75, 3.05) is 71.2 Å². The average molecular weight is 466 g/mol. The zero-order valence-corrected chi connectivity index (χ0v) is 18.9. The van der Waals surface area contributed by atoms with Crippen LogP contribution in [0.3, 0.4) is 0 Å². The first-order chi connectivity index (χ1) is 15.7. The maximum absolute atomic E-state index is 11.6. The fraction of sp³-hybridized carbons (Fsp3) is 0.591. The Hall–Kier alpha value is -2.73. The summed E-state index contributed by atoms with van der Waals surface area (Å²) in [6.45, 7) is 2.82. The van der Waals surface area contributed by atoms with Gasteiger partial charge in [0.05, 0.1) is 19.6 Å². The molecule has 1 atom stereocenters. The van der Waals surface area contributed by atoms with E-state index in [4.69, 9.17) is 5.73 Å². The molecule has 0 bridgehead atoms. The molecule has 0 amide bonds. The lowest BCUT2D eigenvalue weighted by molar-refractivity contribution is -0.141. The molecular formula is C22H35N5O6. The molecular weight excluding hydrogens is 430 g/mol. The van der Waals surface area contributed by atoms with Gasteiger partial charge in [-0.25, -0.2) is 0 Å². The minimum atomic E-state index is -0.976. The first-order valence-corrected chi connectivity index (χ1v) is 11.1. The van der Waals surface area contributed by atoms with Gasteiger partial charge in [0.25, 0.3) is 0 Å². The van der Waals surface area contributed by atoms with Crippen LogP contribution in [-0.2, 0) is 20.8 Å². The fourth-order valence-corrected chi connectivity index (χ4v) is 4.03. The average Bonchev–Trinajstić information content (AvgIpc) is 2.72. The van der Waals surface area contributed by atoms with E-state index in [9.17, 15) is 29.7 Å². The molecule has 1 aromatic rings. The third-order valence-corrected chi connectivity index (χ3v) is 5.70. The molecule has 11 heteroatoms. The molecule has 1 unspecified atom stereocenters. The van der Waals surface area contributed by atoms with Crippen LogP contribution in [0.25, 0.3) is 0 Å². The summed E-state index contributed by atoms with van der Waals surface area (Å²) >= 11 is 0. The number of anilines is 1. The van der Waals surface area contributed by atoms with Crippen molar-refractivity contribution in [3.05, 3.63) is 29.8 Å². The topological polar surface area (TPSA) is 160 Å². The molecule has 0 saturated carbocycles. The Bertz CT molecular complexity index is 775. The Morgan fingerprint density at radius 2 is 1.42 bits per heavy atom. The molecule has 0 spiro atoms. The largest absolute Gasteiger partial charge is 0.480 e. The van der Waals surface area contributed by atoms with E-state index in [1.165, 1.54) is 0 Å². The second-order valence-electron chi connectivity index (χ2n) is 8.35. The van der Waals surface area contributed by atoms with E-state index < -0.39 is 17.9 Å². The molecule has 0 aliphatic carbocycles. The standard InChI is InChI=1S/C22H35N5O6/c23-18-4-1-17(2-5-18)3-6-19-13-26(15-21(30)31)10-8-24-7-9-25(14-20(28)29)11-12-27(19)16-22(32)33/h1-2,4-5,19,24H,3,6-16,23H2,(H,28,29)(H,30,31)(H,32,33). The highest BCUT2D eigenvalue weighted by molar-refractivity contribution is 5.70. The monoisotopic (exact) mass is 465 g/mol. The molecule has 184 valence electrons. The van der Waals surface area contributed by atoms with Crippen molar-refractivity contribution in [2.45, 2.75) is 18.9 Å². The van der Waals surface area contributed by atoms with Crippen molar-refractivity contribution in [3.63, 3.8) is 0 Å². The highest BCUT2D eigenvalue weighted by atomic mass is 16.4. The molecule has 1 aliphatic rings. The van der Waals surface area contributed by atoms with E-state index in [1.54, 1.807) is 4.90 Å². The number of carbonyl (C=O) groups is 3. The normalized spacial score (nSPS) is 19.9. The SMILES string of the molecule is Nc1ccc(CCC2CN(CC(=O)O)CCNCCN(CC(=O)O)CCN2CC(=O)O)cc1. The van der Waals surface area contributed by atoms with Gasteiger partial charge in [-0.15, -0.1) is 0 Å². The van der Waals surface area contributed by atoms with Crippen molar-refractivity contribution in [1.82, 2.24) is 20.0 Å². The van der Waals surface area contributed by atoms with Crippen LogP contribution in [0.4, 0.5) is 5.69 Å². The number of carboxylic acid groups (broad SMARTS) is 3. The van der Waals surface area contributed by atoms with E-state index in [0.29, 0.717) is 64.3 Å². The number of benzene rings is 1. The molecule has 1 heterocycles. The van der Waals surface area contributed by atoms with Crippen LogP contribution >= 0.6 is 0 Å². The summed E-state index contributed by atoms with van der Waals surface area (Å²) < 4.78 is 0. The minimum absolute atomic E-state index is 0.121. The molecule has 1 saturated heterocycles. The van der Waals surface area contributed by atoms with Crippen molar-refractivity contribution < 1.29 is 29.7 Å². The quantitative estimate of drug-likeness (QED) is 0.294. The van der Waals surface area contributed by atoms with Gasteiger partial charge in [0, 0.05) is 57.5 Å². The van der Waals surface area contributed by atoms with E-state index in [1.807, 2.05) is 34.1 Å². The van der Waals surface area contributed by atoms with E-state index in [2.05, 4.69) is 5.32 Å². The van der Waals surface area contributed by atoms with Crippen LogP contribution < -0.4 is 11.1 Å². The van der Waals surface area contributed by atoms with Gasteiger partial charge >= 0.3 is 17.9 Å². The first-order valence-electron chi connectivity index (χ1n) is 11.1. The number of carboxylic acids is 3. The summed E-state index contributed by atoms with van der Waals surface area (Å²) in [7, 11) is 0. The summed E-state index contributed by atoms with van der Waals surface area (Å²) in [4.78, 5) is 39.8. The number of nitrogen functional groups attached to an aromatic ring is 1. The van der Waals surface area contributed by atoms with E-state index in [-0.39, 0.29) is 25.7 Å². The van der Waals surface area contributed by atoms with Crippen molar-refractivity contribution in [1.29, 1.82) is 0 Å². The van der Waals surface area contributed by atoms with Crippen molar-refractivity contribution in [3.8, 4) is 0 Å². The van der Waals surface area contributed by atoms with Crippen LogP contribution in [0.15, 0.2) is 24.3 Å². The van der Waals surface area contributed by atoms with Crippen LogP contribution in [0.1, 0.15) is 12.0 Å². The second kappa shape index (κ2) is 13.7. The number of aryl methyl sites for hydroxylation is 1. The second-order valence-corrected chi connectivity index (χ2v) is 8.35. The molecule has 0 aromatic heterocycles. The van der Waals surface area contributed by atoms with Crippen LogP contribution in [0.2, 0.25) is 0 Å². The molecule has 1 aliphatic heterocycles. The lowest BCUT2D eigenvalue weighted by Gasteiger charge is -2.36. The predicted molar refractivity (Wildman–Crippen MR) is 123 cm³/mol. The van der Waals surface area contributed by atoms with Crippen LogP contribution in [-0.4, -0.2) is 119 Å². The summed E-state index contributed by atoms with van der Waals surface area (Å²) in [6, 6.07) is 7.28. The molecule has 2 rings (SSSR count).